The van der Waals surface area contributed by atoms with Crippen LogP contribution in [0, 0.1) is 11.3 Å². The monoisotopic (exact) mass is 545 g/mol. The van der Waals surface area contributed by atoms with Crippen molar-refractivity contribution in [2.24, 2.45) is 11.7 Å². The van der Waals surface area contributed by atoms with Gasteiger partial charge >= 0.3 is 0 Å². The number of carbonyl (C=O) groups excluding carboxylic acids is 2. The molecule has 0 spiro atoms. The van der Waals surface area contributed by atoms with Crippen LogP contribution in [0.5, 0.6) is 0 Å². The van der Waals surface area contributed by atoms with Crippen LogP contribution in [-0.4, -0.2) is 59.2 Å². The number of nitrogens with two attached hydrogens (primary N) is 1. The van der Waals surface area contributed by atoms with E-state index in [9.17, 15) is 19.8 Å². The van der Waals surface area contributed by atoms with E-state index in [0.717, 1.165) is 11.1 Å². The summed E-state index contributed by atoms with van der Waals surface area (Å²) in [5, 5.41) is 36.2. The number of amides is 2. The maximum Gasteiger partial charge on any atom is 0.245 e. The molecule has 0 aliphatic rings. The molecule has 0 saturated carbocycles. The fourth-order valence-corrected chi connectivity index (χ4v) is 4.52. The standard InChI is InChI=1S/C31H39N5O4/c1-20(2)27(36-31(40)28(26(38)19-37)35-24-15-9-14-23(18-24)29(32)33)30(39)34-17-16-25(21-10-5-3-6-11-21)22-12-7-4-8-13-22/h3-15,18,20,25-28,35,37-38H,16-17,19H2,1-2H3,(H3,32,33)(H,34,39)(H,36,40). The summed E-state index contributed by atoms with van der Waals surface area (Å²) < 4.78 is 0. The highest BCUT2D eigenvalue weighted by molar-refractivity contribution is 5.96. The second kappa shape index (κ2) is 14.8. The molecule has 3 atom stereocenters. The third-order valence-corrected chi connectivity index (χ3v) is 6.73. The van der Waals surface area contributed by atoms with Crippen LogP contribution < -0.4 is 21.7 Å². The average Bonchev–Trinajstić information content (AvgIpc) is 2.97. The highest BCUT2D eigenvalue weighted by atomic mass is 16.3. The lowest BCUT2D eigenvalue weighted by molar-refractivity contribution is -0.132. The van der Waals surface area contributed by atoms with Gasteiger partial charge in [-0.25, -0.2) is 0 Å². The van der Waals surface area contributed by atoms with E-state index in [4.69, 9.17) is 11.1 Å². The number of nitrogen functional groups attached to an aromatic ring is 1. The second-order valence-corrected chi connectivity index (χ2v) is 10.1. The number of rotatable bonds is 14. The molecule has 9 heteroatoms. The van der Waals surface area contributed by atoms with Crippen molar-refractivity contribution in [1.82, 2.24) is 10.6 Å². The molecule has 212 valence electrons. The molecule has 3 aromatic carbocycles. The minimum atomic E-state index is -1.44. The van der Waals surface area contributed by atoms with Crippen molar-refractivity contribution in [2.45, 2.75) is 44.4 Å². The van der Waals surface area contributed by atoms with Crippen molar-refractivity contribution in [1.29, 1.82) is 5.41 Å². The number of hydrogen-bond donors (Lipinski definition) is 7. The summed E-state index contributed by atoms with van der Waals surface area (Å²) in [4.78, 5) is 26.5. The minimum absolute atomic E-state index is 0.0915. The van der Waals surface area contributed by atoms with E-state index in [2.05, 4.69) is 40.2 Å². The van der Waals surface area contributed by atoms with Gasteiger partial charge in [-0.3, -0.25) is 15.0 Å². The van der Waals surface area contributed by atoms with Crippen molar-refractivity contribution in [3.63, 3.8) is 0 Å². The Balaban J connectivity index is 1.68. The van der Waals surface area contributed by atoms with Gasteiger partial charge in [-0.2, -0.15) is 0 Å². The zero-order valence-corrected chi connectivity index (χ0v) is 22.9. The van der Waals surface area contributed by atoms with Gasteiger partial charge in [-0.05, 0) is 35.6 Å². The molecule has 3 rings (SSSR count). The van der Waals surface area contributed by atoms with Crippen LogP contribution in [0.25, 0.3) is 0 Å². The van der Waals surface area contributed by atoms with E-state index in [0.29, 0.717) is 24.2 Å². The number of aliphatic hydroxyl groups excluding tert-OH is 2. The first kappa shape index (κ1) is 30.3. The Morgan fingerprint density at radius 3 is 2.00 bits per heavy atom. The van der Waals surface area contributed by atoms with Gasteiger partial charge in [0.1, 0.15) is 24.0 Å². The van der Waals surface area contributed by atoms with E-state index in [1.807, 2.05) is 50.2 Å². The van der Waals surface area contributed by atoms with Gasteiger partial charge in [0, 0.05) is 23.7 Å². The number of anilines is 1. The van der Waals surface area contributed by atoms with Gasteiger partial charge in [0.15, 0.2) is 0 Å². The van der Waals surface area contributed by atoms with Gasteiger partial charge in [-0.15, -0.1) is 0 Å². The van der Waals surface area contributed by atoms with Crippen molar-refractivity contribution in [2.75, 3.05) is 18.5 Å². The molecule has 40 heavy (non-hydrogen) atoms. The van der Waals surface area contributed by atoms with Crippen LogP contribution in [-0.2, 0) is 9.59 Å². The Bertz CT molecular complexity index is 1210. The molecule has 2 amide bonds. The van der Waals surface area contributed by atoms with Crippen LogP contribution in [0.4, 0.5) is 5.69 Å². The second-order valence-electron chi connectivity index (χ2n) is 10.1. The highest BCUT2D eigenvalue weighted by Crippen LogP contribution is 2.27. The van der Waals surface area contributed by atoms with E-state index >= 15 is 0 Å². The fourth-order valence-electron chi connectivity index (χ4n) is 4.52. The summed E-state index contributed by atoms with van der Waals surface area (Å²) in [7, 11) is 0. The summed E-state index contributed by atoms with van der Waals surface area (Å²) in [6.45, 7) is 3.37. The fraction of sp³-hybridized carbons (Fsp3) is 0.323. The van der Waals surface area contributed by atoms with Crippen LogP contribution in [0.2, 0.25) is 0 Å². The molecule has 0 bridgehead atoms. The molecule has 0 fully saturated rings. The van der Waals surface area contributed by atoms with E-state index in [1.54, 1.807) is 24.3 Å². The van der Waals surface area contributed by atoms with E-state index < -0.39 is 30.7 Å². The number of amidine groups is 1. The van der Waals surface area contributed by atoms with Gasteiger partial charge in [0.25, 0.3) is 0 Å². The lowest BCUT2D eigenvalue weighted by atomic mass is 9.88. The SMILES string of the molecule is CC(C)C(NC(=O)C(Nc1cccc(C(=N)N)c1)C(O)CO)C(=O)NCCC(c1ccccc1)c1ccccc1. The summed E-state index contributed by atoms with van der Waals surface area (Å²) in [5.41, 5.74) is 8.73. The third kappa shape index (κ3) is 8.39. The summed E-state index contributed by atoms with van der Waals surface area (Å²) in [5.74, 6) is -1.27. The van der Waals surface area contributed by atoms with Gasteiger partial charge < -0.3 is 31.9 Å². The maximum atomic E-state index is 13.2. The van der Waals surface area contributed by atoms with Gasteiger partial charge in [0.2, 0.25) is 11.8 Å². The average molecular weight is 546 g/mol. The Labute approximate surface area is 235 Å². The predicted molar refractivity (Wildman–Crippen MR) is 157 cm³/mol. The predicted octanol–water partition coefficient (Wildman–Crippen LogP) is 2.58. The van der Waals surface area contributed by atoms with Crippen molar-refractivity contribution >= 4 is 23.3 Å². The molecular formula is C31H39N5O4. The lowest BCUT2D eigenvalue weighted by Gasteiger charge is -2.28. The van der Waals surface area contributed by atoms with Gasteiger partial charge in [-0.1, -0.05) is 86.6 Å². The molecular weight excluding hydrogens is 506 g/mol. The van der Waals surface area contributed by atoms with Crippen LogP contribution in [0.15, 0.2) is 84.9 Å². The smallest absolute Gasteiger partial charge is 0.245 e. The Kier molecular flexibility index (Phi) is 11.2. The van der Waals surface area contributed by atoms with Crippen molar-refractivity contribution in [3.8, 4) is 0 Å². The third-order valence-electron chi connectivity index (χ3n) is 6.73. The zero-order valence-electron chi connectivity index (χ0n) is 22.9. The number of aliphatic hydroxyl groups is 2. The molecule has 0 radical (unpaired) electrons. The quantitative estimate of drug-likeness (QED) is 0.122. The van der Waals surface area contributed by atoms with Crippen LogP contribution >= 0.6 is 0 Å². The number of carbonyl (C=O) groups is 2. The number of hydrogen-bond acceptors (Lipinski definition) is 6. The number of nitrogens with one attached hydrogen (secondary N) is 4. The molecule has 0 aliphatic heterocycles. The summed E-state index contributed by atoms with van der Waals surface area (Å²) >= 11 is 0. The molecule has 8 N–H and O–H groups in total. The molecule has 0 heterocycles. The first-order valence-corrected chi connectivity index (χ1v) is 13.4. The number of benzene rings is 3. The largest absolute Gasteiger partial charge is 0.394 e. The Hall–Kier alpha value is -4.21. The highest BCUT2D eigenvalue weighted by Gasteiger charge is 2.31. The van der Waals surface area contributed by atoms with E-state index in [-0.39, 0.29) is 23.6 Å². The topological polar surface area (TPSA) is 161 Å². The minimum Gasteiger partial charge on any atom is -0.394 e. The van der Waals surface area contributed by atoms with Crippen molar-refractivity contribution in [3.05, 3.63) is 102 Å². The molecule has 0 aliphatic carbocycles. The Morgan fingerprint density at radius 1 is 0.875 bits per heavy atom. The normalized spacial score (nSPS) is 13.3. The maximum absolute atomic E-state index is 13.2. The molecule has 3 aromatic rings. The molecule has 9 nitrogen and oxygen atoms in total. The summed E-state index contributed by atoms with van der Waals surface area (Å²) in [6, 6.07) is 24.6. The van der Waals surface area contributed by atoms with Crippen LogP contribution in [0.3, 0.4) is 0 Å². The zero-order chi connectivity index (χ0) is 29.1. The lowest BCUT2D eigenvalue weighted by Crippen LogP contribution is -2.56. The van der Waals surface area contributed by atoms with Crippen LogP contribution in [0.1, 0.15) is 42.9 Å². The Morgan fingerprint density at radius 2 is 1.48 bits per heavy atom. The summed E-state index contributed by atoms with van der Waals surface area (Å²) in [6.07, 6.45) is -0.771. The first-order valence-electron chi connectivity index (χ1n) is 13.4. The van der Waals surface area contributed by atoms with Crippen molar-refractivity contribution < 1.29 is 19.8 Å². The molecule has 0 aromatic heterocycles. The first-order chi connectivity index (χ1) is 19.2. The molecule has 3 unspecified atom stereocenters. The molecule has 0 saturated heterocycles. The van der Waals surface area contributed by atoms with E-state index in [1.165, 1.54) is 0 Å². The van der Waals surface area contributed by atoms with Gasteiger partial charge in [0.05, 0.1) is 6.61 Å².